The van der Waals surface area contributed by atoms with Crippen LogP contribution in [0.3, 0.4) is 0 Å². The van der Waals surface area contributed by atoms with E-state index in [9.17, 15) is 0 Å². The van der Waals surface area contributed by atoms with E-state index in [-0.39, 0.29) is 0 Å². The van der Waals surface area contributed by atoms with Crippen LogP contribution < -0.4 is 0 Å². The number of hydrogen-bond donors (Lipinski definition) is 0. The molecule has 4 heteroatoms. The first kappa shape index (κ1) is 66.8. The number of nitrogens with zero attached hydrogens (tertiary/aromatic N) is 4. The maximum atomic E-state index is 2.27. The van der Waals surface area contributed by atoms with Crippen LogP contribution >= 0.6 is 0 Å². The summed E-state index contributed by atoms with van der Waals surface area (Å²) in [6.45, 7) is 37.1. The molecule has 364 valence electrons. The first-order valence-electron chi connectivity index (χ1n) is 25.3. The fourth-order valence-electron chi connectivity index (χ4n) is 5.92. The van der Waals surface area contributed by atoms with E-state index in [0.29, 0.717) is 0 Å². The summed E-state index contributed by atoms with van der Waals surface area (Å²) in [5.74, 6) is 0. The highest BCUT2D eigenvalue weighted by Gasteiger charge is 2.17. The van der Waals surface area contributed by atoms with Crippen LogP contribution in [0, 0.1) is 0 Å². The second-order valence-electron chi connectivity index (χ2n) is 14.7. The van der Waals surface area contributed by atoms with Crippen LogP contribution in [0.25, 0.3) is 45.8 Å². The Morgan fingerprint density at radius 3 is 0.594 bits per heavy atom. The van der Waals surface area contributed by atoms with Gasteiger partial charge in [-0.3, -0.25) is 0 Å². The molecular formula is C60H104N4. The summed E-state index contributed by atoms with van der Waals surface area (Å²) in [6.07, 6.45) is 22.5. The van der Waals surface area contributed by atoms with E-state index >= 15 is 0 Å². The molecule has 4 aliphatic rings. The van der Waals surface area contributed by atoms with Crippen LogP contribution in [0.2, 0.25) is 0 Å². The minimum Gasteiger partial charge on any atom is -0.310 e. The zero-order valence-corrected chi connectivity index (χ0v) is 46.7. The Labute approximate surface area is 400 Å². The molecule has 0 N–H and O–H groups in total. The molecule has 4 nitrogen and oxygen atoms in total. The van der Waals surface area contributed by atoms with Crippen LogP contribution in [0.4, 0.5) is 0 Å². The zero-order chi connectivity index (χ0) is 50.2. The number of fused-ring (bicyclic) bond motifs is 10. The van der Waals surface area contributed by atoms with Crippen molar-refractivity contribution in [2.45, 2.75) is 136 Å². The fourth-order valence-corrected chi connectivity index (χ4v) is 5.92. The zero-order valence-electron chi connectivity index (χ0n) is 46.7. The number of hydrogen-bond acceptors (Lipinski definition) is 4. The van der Waals surface area contributed by atoms with Crippen LogP contribution in [-0.2, 0) is 25.7 Å². The van der Waals surface area contributed by atoms with Gasteiger partial charge in [-0.05, 0) is 174 Å². The Morgan fingerprint density at radius 1 is 0.297 bits per heavy atom. The van der Waals surface area contributed by atoms with Crippen LogP contribution in [0.5, 0.6) is 0 Å². The molecule has 0 saturated heterocycles. The first-order chi connectivity index (χ1) is 30.9. The highest BCUT2D eigenvalue weighted by atomic mass is 15.0. The maximum absolute atomic E-state index is 2.27. The van der Waals surface area contributed by atoms with Crippen LogP contribution in [0.1, 0.15) is 155 Å². The molecule has 0 bridgehead atoms. The van der Waals surface area contributed by atoms with Crippen molar-refractivity contribution in [2.75, 3.05) is 82.6 Å². The van der Waals surface area contributed by atoms with E-state index in [4.69, 9.17) is 0 Å². The molecular weight excluding hydrogens is 777 g/mol. The Balaban J connectivity index is -0.000000348. The number of benzene rings is 4. The standard InChI is InChI=1S/2C16H12.4C4H11N.6C2H6/c2*1-3-11-7-9-13-10-8-12-4-2-6-15(12)16(13)14(11)5-1;4*1-4-5(2)3;6*1-2/h2*1-4,7-10H,5-6H2;4*4H2,1-3H3;6*1-2H3. The van der Waals surface area contributed by atoms with Gasteiger partial charge in [0.15, 0.2) is 0 Å². The average molecular weight is 882 g/mol. The third kappa shape index (κ3) is 24.5. The van der Waals surface area contributed by atoms with Gasteiger partial charge in [0.05, 0.1) is 0 Å². The summed E-state index contributed by atoms with van der Waals surface area (Å²) in [5.41, 5.74) is 11.7. The topological polar surface area (TPSA) is 13.0 Å². The lowest BCUT2D eigenvalue weighted by molar-refractivity contribution is 0.434. The third-order valence-corrected chi connectivity index (χ3v) is 9.96. The van der Waals surface area contributed by atoms with Crippen molar-refractivity contribution in [1.29, 1.82) is 0 Å². The Morgan fingerprint density at radius 2 is 0.453 bits per heavy atom. The lowest BCUT2D eigenvalue weighted by atomic mass is 9.94. The van der Waals surface area contributed by atoms with Crippen molar-refractivity contribution >= 4 is 45.8 Å². The fraction of sp³-hybridized carbons (Fsp3) is 0.533. The van der Waals surface area contributed by atoms with E-state index in [1.165, 1.54) is 66.1 Å². The predicted octanol–water partition coefficient (Wildman–Crippen LogP) is 16.4. The molecule has 4 aromatic carbocycles. The summed E-state index contributed by atoms with van der Waals surface area (Å²) in [5, 5.41) is 5.80. The molecule has 4 aliphatic carbocycles. The highest BCUT2D eigenvalue weighted by molar-refractivity contribution is 5.97. The first-order valence-corrected chi connectivity index (χ1v) is 25.3. The van der Waals surface area contributed by atoms with Gasteiger partial charge in [0.25, 0.3) is 0 Å². The molecule has 0 unspecified atom stereocenters. The third-order valence-electron chi connectivity index (χ3n) is 9.96. The molecule has 0 spiro atoms. The van der Waals surface area contributed by atoms with Gasteiger partial charge >= 0.3 is 0 Å². The molecule has 0 amide bonds. The lowest BCUT2D eigenvalue weighted by Crippen LogP contribution is -2.08. The molecule has 8 rings (SSSR count). The molecule has 0 fully saturated rings. The summed E-state index contributed by atoms with van der Waals surface area (Å²) in [4.78, 5) is 8.50. The van der Waals surface area contributed by atoms with Gasteiger partial charge in [0, 0.05) is 0 Å². The highest BCUT2D eigenvalue weighted by Crippen LogP contribution is 2.36. The van der Waals surface area contributed by atoms with Gasteiger partial charge in [0.1, 0.15) is 0 Å². The van der Waals surface area contributed by atoms with E-state index in [1.807, 2.05) is 83.1 Å². The van der Waals surface area contributed by atoms with Gasteiger partial charge in [-0.2, -0.15) is 0 Å². The van der Waals surface area contributed by atoms with Crippen molar-refractivity contribution in [3.05, 3.63) is 117 Å². The predicted molar refractivity (Wildman–Crippen MR) is 304 cm³/mol. The molecule has 0 atom stereocenters. The van der Waals surface area contributed by atoms with Gasteiger partial charge in [-0.15, -0.1) is 0 Å². The van der Waals surface area contributed by atoms with Gasteiger partial charge < -0.3 is 19.6 Å². The van der Waals surface area contributed by atoms with Crippen molar-refractivity contribution in [2.24, 2.45) is 0 Å². The Hall–Kier alpha value is -3.80. The number of allylic oxidation sites excluding steroid dienone is 4. The molecule has 64 heavy (non-hydrogen) atoms. The van der Waals surface area contributed by atoms with E-state index in [2.05, 4.69) is 201 Å². The molecule has 0 radical (unpaired) electrons. The van der Waals surface area contributed by atoms with Crippen molar-refractivity contribution < 1.29 is 0 Å². The normalized spacial score (nSPS) is 11.4. The molecule has 0 aromatic heterocycles. The lowest BCUT2D eigenvalue weighted by Gasteiger charge is -2.10. The van der Waals surface area contributed by atoms with E-state index < -0.39 is 0 Å². The average Bonchev–Trinajstić information content (AvgIpc) is 4.21. The van der Waals surface area contributed by atoms with Crippen molar-refractivity contribution in [3.8, 4) is 0 Å². The summed E-state index contributed by atoms with van der Waals surface area (Å²) in [6, 6.07) is 18.0. The second-order valence-corrected chi connectivity index (χ2v) is 14.7. The SMILES string of the molecule is C1=Cc2ccc3ccc4c(c3c2C1)CC=C4.C1=Cc2ccc3ccc4c(c3c2C1)CC=C4.CC.CC.CC.CC.CC.CC.CCN(C)C.CCN(C)C.CCN(C)C.CCN(C)C. The van der Waals surface area contributed by atoms with Gasteiger partial charge in [0.2, 0.25) is 0 Å². The summed E-state index contributed by atoms with van der Waals surface area (Å²) < 4.78 is 0. The molecule has 4 aromatic rings. The number of rotatable bonds is 4. The smallest absolute Gasteiger partial charge is 0.00533 e. The minimum atomic E-state index is 1.10. The summed E-state index contributed by atoms with van der Waals surface area (Å²) >= 11 is 0. The second kappa shape index (κ2) is 43.1. The molecule has 0 aliphatic heterocycles. The summed E-state index contributed by atoms with van der Waals surface area (Å²) in [7, 11) is 16.4. The van der Waals surface area contributed by atoms with Crippen molar-refractivity contribution in [3.63, 3.8) is 0 Å². The van der Waals surface area contributed by atoms with Gasteiger partial charge in [-0.25, -0.2) is 0 Å². The quantitative estimate of drug-likeness (QED) is 0.202. The van der Waals surface area contributed by atoms with Gasteiger partial charge in [-0.1, -0.05) is 208 Å². The molecule has 0 heterocycles. The maximum Gasteiger partial charge on any atom is -0.00533 e. The Bertz CT molecular complexity index is 1580. The van der Waals surface area contributed by atoms with Crippen molar-refractivity contribution in [1.82, 2.24) is 19.6 Å². The Kier molecular flexibility index (Phi) is 45.0. The minimum absolute atomic E-state index is 1.10. The molecule has 0 saturated carbocycles. The van der Waals surface area contributed by atoms with Crippen LogP contribution in [0.15, 0.2) is 72.8 Å². The largest absolute Gasteiger partial charge is 0.310 e. The monoisotopic (exact) mass is 881 g/mol. The van der Waals surface area contributed by atoms with Crippen LogP contribution in [-0.4, -0.2) is 102 Å². The van der Waals surface area contributed by atoms with E-state index in [0.717, 1.165) is 51.9 Å². The van der Waals surface area contributed by atoms with E-state index in [1.54, 1.807) is 0 Å².